The van der Waals surface area contributed by atoms with E-state index in [1.165, 1.54) is 32.1 Å². The molecule has 1 unspecified atom stereocenters. The first-order valence-electron chi connectivity index (χ1n) is 13.9. The molecule has 1 aromatic carbocycles. The van der Waals surface area contributed by atoms with Crippen molar-refractivity contribution in [3.63, 3.8) is 0 Å². The van der Waals surface area contributed by atoms with Gasteiger partial charge in [-0.25, -0.2) is 9.78 Å². The number of amides is 2. The lowest BCUT2D eigenvalue weighted by atomic mass is 9.98. The molecular weight excluding hydrogens is 450 g/mol. The predicted octanol–water partition coefficient (Wildman–Crippen LogP) is 4.74. The predicted molar refractivity (Wildman–Crippen MR) is 146 cm³/mol. The van der Waals surface area contributed by atoms with Crippen LogP contribution in [0, 0.1) is 6.92 Å². The molecule has 3 aliphatic rings. The molecule has 36 heavy (non-hydrogen) atoms. The van der Waals surface area contributed by atoms with Crippen molar-refractivity contribution in [2.24, 2.45) is 0 Å². The van der Waals surface area contributed by atoms with Crippen molar-refractivity contribution in [3.8, 4) is 0 Å². The van der Waals surface area contributed by atoms with Gasteiger partial charge in [-0.15, -0.1) is 0 Å². The van der Waals surface area contributed by atoms with Gasteiger partial charge in [-0.1, -0.05) is 31.0 Å². The van der Waals surface area contributed by atoms with E-state index in [0.717, 1.165) is 81.5 Å². The quantitative estimate of drug-likeness (QED) is 0.629. The van der Waals surface area contributed by atoms with Gasteiger partial charge >= 0.3 is 6.03 Å². The number of piperidine rings is 2. The lowest BCUT2D eigenvalue weighted by Gasteiger charge is -2.42. The van der Waals surface area contributed by atoms with Gasteiger partial charge in [-0.2, -0.15) is 4.98 Å². The van der Waals surface area contributed by atoms with E-state index in [-0.39, 0.29) is 6.03 Å². The molecule has 3 saturated heterocycles. The Kier molecular flexibility index (Phi) is 8.21. The summed E-state index contributed by atoms with van der Waals surface area (Å²) in [7, 11) is 0. The molecule has 2 N–H and O–H groups in total. The number of carbonyl (C=O) groups excluding carboxylic acids is 1. The second-order valence-corrected chi connectivity index (χ2v) is 10.6. The van der Waals surface area contributed by atoms with Gasteiger partial charge in [0.05, 0.1) is 0 Å². The number of hydrogen-bond donors (Lipinski definition) is 2. The molecule has 2 amide bonds. The largest absolute Gasteiger partial charge is 0.356 e. The van der Waals surface area contributed by atoms with E-state index in [2.05, 4.69) is 25.4 Å². The molecular formula is C28H41N7O. The van der Waals surface area contributed by atoms with Crippen molar-refractivity contribution in [1.29, 1.82) is 0 Å². The van der Waals surface area contributed by atoms with Crippen LogP contribution in [-0.4, -0.2) is 77.2 Å². The molecule has 0 aliphatic carbocycles. The van der Waals surface area contributed by atoms with E-state index in [4.69, 9.17) is 4.98 Å². The van der Waals surface area contributed by atoms with Crippen molar-refractivity contribution in [1.82, 2.24) is 19.8 Å². The van der Waals surface area contributed by atoms with Crippen molar-refractivity contribution in [2.75, 3.05) is 54.8 Å². The summed E-state index contributed by atoms with van der Waals surface area (Å²) in [4.78, 5) is 29.2. The summed E-state index contributed by atoms with van der Waals surface area (Å²) < 4.78 is 0. The number of para-hydroxylation sites is 1. The lowest BCUT2D eigenvalue weighted by molar-refractivity contribution is 0.0997. The molecule has 3 aliphatic heterocycles. The van der Waals surface area contributed by atoms with E-state index in [9.17, 15) is 4.79 Å². The van der Waals surface area contributed by atoms with Crippen LogP contribution in [-0.2, 0) is 0 Å². The maximum atomic E-state index is 12.8. The average Bonchev–Trinajstić information content (AvgIpc) is 3.20. The van der Waals surface area contributed by atoms with Gasteiger partial charge in [0.1, 0.15) is 5.82 Å². The second-order valence-electron chi connectivity index (χ2n) is 10.6. The van der Waals surface area contributed by atoms with Crippen LogP contribution in [0.15, 0.2) is 36.5 Å². The highest BCUT2D eigenvalue weighted by molar-refractivity contribution is 5.90. The summed E-state index contributed by atoms with van der Waals surface area (Å²) >= 11 is 0. The summed E-state index contributed by atoms with van der Waals surface area (Å²) in [5.41, 5.74) is 1.99. The zero-order valence-corrected chi connectivity index (χ0v) is 21.7. The van der Waals surface area contributed by atoms with Gasteiger partial charge in [-0.3, -0.25) is 4.90 Å². The Labute approximate surface area is 215 Å². The van der Waals surface area contributed by atoms with Crippen LogP contribution in [0.3, 0.4) is 0 Å². The van der Waals surface area contributed by atoms with E-state index in [1.807, 2.05) is 48.4 Å². The van der Waals surface area contributed by atoms with Gasteiger partial charge in [0, 0.05) is 56.7 Å². The molecule has 194 valence electrons. The smallest absolute Gasteiger partial charge is 0.321 e. The molecule has 0 radical (unpaired) electrons. The normalized spacial score (nSPS) is 22.2. The third kappa shape index (κ3) is 6.27. The topological polar surface area (TPSA) is 76.6 Å². The number of carbonyl (C=O) groups is 1. The number of hydrogen-bond acceptors (Lipinski definition) is 6. The molecule has 4 heterocycles. The molecule has 0 spiro atoms. The molecule has 3 fully saturated rings. The van der Waals surface area contributed by atoms with Crippen LogP contribution in [0.4, 0.5) is 22.2 Å². The lowest BCUT2D eigenvalue weighted by Crippen LogP contribution is -2.52. The zero-order valence-electron chi connectivity index (χ0n) is 21.7. The highest BCUT2D eigenvalue weighted by atomic mass is 16.2. The Morgan fingerprint density at radius 2 is 1.69 bits per heavy atom. The number of aromatic nitrogens is 2. The van der Waals surface area contributed by atoms with Crippen LogP contribution in [0.2, 0.25) is 0 Å². The van der Waals surface area contributed by atoms with Gasteiger partial charge < -0.3 is 20.4 Å². The Morgan fingerprint density at radius 1 is 0.917 bits per heavy atom. The Morgan fingerprint density at radius 3 is 2.47 bits per heavy atom. The van der Waals surface area contributed by atoms with Gasteiger partial charge in [0.2, 0.25) is 5.95 Å². The third-order valence-corrected chi connectivity index (χ3v) is 8.01. The maximum absolute atomic E-state index is 12.8. The Hall–Kier alpha value is -2.87. The first-order chi connectivity index (χ1) is 17.7. The fourth-order valence-electron chi connectivity index (χ4n) is 5.87. The van der Waals surface area contributed by atoms with Crippen molar-refractivity contribution in [2.45, 2.75) is 70.4 Å². The molecule has 0 saturated carbocycles. The minimum Gasteiger partial charge on any atom is -0.356 e. The number of anilines is 3. The maximum Gasteiger partial charge on any atom is 0.321 e. The summed E-state index contributed by atoms with van der Waals surface area (Å²) in [6.45, 7) is 7.96. The monoisotopic (exact) mass is 491 g/mol. The van der Waals surface area contributed by atoms with Crippen molar-refractivity contribution >= 4 is 23.5 Å². The zero-order chi connectivity index (χ0) is 24.7. The highest BCUT2D eigenvalue weighted by Crippen LogP contribution is 2.24. The Bertz CT molecular complexity index is 999. The number of nitrogens with one attached hydrogen (secondary N) is 2. The highest BCUT2D eigenvalue weighted by Gasteiger charge is 2.30. The molecule has 8 nitrogen and oxygen atoms in total. The first-order valence-corrected chi connectivity index (χ1v) is 13.9. The number of nitrogens with zero attached hydrogens (tertiary/aromatic N) is 5. The molecule has 1 atom stereocenters. The van der Waals surface area contributed by atoms with E-state index < -0.39 is 0 Å². The first kappa shape index (κ1) is 24.8. The van der Waals surface area contributed by atoms with Gasteiger partial charge in [0.15, 0.2) is 0 Å². The fourth-order valence-corrected chi connectivity index (χ4v) is 5.87. The SMILES string of the molecule is Cc1ccccc1NC(=O)N1CCC(N2CCCC(Nc3nccc(N4CCCCCC4)n3)C2)CC1. The third-order valence-electron chi connectivity index (χ3n) is 8.01. The number of rotatable bonds is 5. The van der Waals surface area contributed by atoms with Crippen LogP contribution in [0.25, 0.3) is 0 Å². The van der Waals surface area contributed by atoms with E-state index in [0.29, 0.717) is 12.1 Å². The van der Waals surface area contributed by atoms with Crippen LogP contribution < -0.4 is 15.5 Å². The molecule has 0 bridgehead atoms. The average molecular weight is 492 g/mol. The van der Waals surface area contributed by atoms with Crippen LogP contribution in [0.1, 0.15) is 56.9 Å². The van der Waals surface area contributed by atoms with Crippen LogP contribution >= 0.6 is 0 Å². The standard InChI is InChI=1S/C28H41N7O/c1-22-9-4-5-11-25(22)31-28(36)34-19-13-24(14-20-34)35-18-8-10-23(21-35)30-27-29-15-12-26(32-27)33-16-6-2-3-7-17-33/h4-5,9,11-12,15,23-24H,2-3,6-8,10,13-14,16-21H2,1H3,(H,31,36)(H,29,30,32). The minimum absolute atomic E-state index is 0.0161. The fraction of sp³-hybridized carbons (Fsp3) is 0.607. The molecule has 1 aromatic heterocycles. The molecule has 2 aromatic rings. The van der Waals surface area contributed by atoms with Crippen molar-refractivity contribution < 1.29 is 4.79 Å². The summed E-state index contributed by atoms with van der Waals surface area (Å²) in [6, 6.07) is 10.9. The van der Waals surface area contributed by atoms with Crippen LogP contribution in [0.5, 0.6) is 0 Å². The number of benzene rings is 1. The number of aryl methyl sites for hydroxylation is 1. The van der Waals surface area contributed by atoms with Crippen molar-refractivity contribution in [3.05, 3.63) is 42.1 Å². The molecule has 5 rings (SSSR count). The molecule has 8 heteroatoms. The summed E-state index contributed by atoms with van der Waals surface area (Å²) in [5, 5.41) is 6.73. The minimum atomic E-state index is 0.0161. The van der Waals surface area contributed by atoms with E-state index in [1.54, 1.807) is 0 Å². The van der Waals surface area contributed by atoms with E-state index >= 15 is 0 Å². The number of likely N-dealkylation sites (tertiary alicyclic amines) is 2. The Balaban J connectivity index is 1.11. The van der Waals surface area contributed by atoms with Gasteiger partial charge in [-0.05, 0) is 69.7 Å². The summed E-state index contributed by atoms with van der Waals surface area (Å²) in [6.07, 6.45) is 11.4. The summed E-state index contributed by atoms with van der Waals surface area (Å²) in [5.74, 6) is 1.81. The number of urea groups is 1. The second kappa shape index (κ2) is 11.9. The van der Waals surface area contributed by atoms with Gasteiger partial charge in [0.25, 0.3) is 0 Å².